The number of amides is 1. The molecule has 1 amide bonds. The van der Waals surface area contributed by atoms with Crippen LogP contribution in [0.25, 0.3) is 0 Å². The second kappa shape index (κ2) is 7.46. The number of rotatable bonds is 7. The van der Waals surface area contributed by atoms with E-state index in [1.54, 1.807) is 11.8 Å². The number of nitrogens with one attached hydrogen (secondary N) is 2. The Kier molecular flexibility index (Phi) is 5.12. The summed E-state index contributed by atoms with van der Waals surface area (Å²) in [4.78, 5) is 11.3. The van der Waals surface area contributed by atoms with E-state index >= 15 is 0 Å². The summed E-state index contributed by atoms with van der Waals surface area (Å²) < 4.78 is 7.37. The summed E-state index contributed by atoms with van der Waals surface area (Å²) >= 11 is 0. The van der Waals surface area contributed by atoms with Crippen molar-refractivity contribution in [1.82, 2.24) is 15.1 Å². The Labute approximate surface area is 141 Å². The minimum atomic E-state index is -0.453. The minimum absolute atomic E-state index is 0.0319. The fraction of sp³-hybridized carbons (Fsp3) is 0.412. The van der Waals surface area contributed by atoms with E-state index in [0.29, 0.717) is 11.5 Å². The van der Waals surface area contributed by atoms with E-state index in [4.69, 9.17) is 10.5 Å². The zero-order chi connectivity index (χ0) is 16.9. The molecule has 2 aromatic rings. The van der Waals surface area contributed by atoms with Crippen molar-refractivity contribution in [2.24, 2.45) is 11.7 Å². The third-order valence-corrected chi connectivity index (χ3v) is 4.31. The van der Waals surface area contributed by atoms with Crippen molar-refractivity contribution >= 4 is 11.7 Å². The van der Waals surface area contributed by atoms with Crippen molar-refractivity contribution in [3.8, 4) is 0 Å². The van der Waals surface area contributed by atoms with Crippen LogP contribution < -0.4 is 16.4 Å². The lowest BCUT2D eigenvalue weighted by atomic mass is 10.1. The highest BCUT2D eigenvalue weighted by Gasteiger charge is 2.23. The van der Waals surface area contributed by atoms with Crippen LogP contribution in [0.5, 0.6) is 0 Å². The Hall–Kier alpha value is -2.38. The molecule has 7 nitrogen and oxygen atoms in total. The molecule has 128 valence electrons. The molecular weight excluding hydrogens is 306 g/mol. The van der Waals surface area contributed by atoms with Crippen molar-refractivity contribution in [3.05, 3.63) is 47.7 Å². The summed E-state index contributed by atoms with van der Waals surface area (Å²) in [5, 5.41) is 11.0. The van der Waals surface area contributed by atoms with E-state index in [2.05, 4.69) is 27.9 Å². The van der Waals surface area contributed by atoms with Crippen molar-refractivity contribution in [3.63, 3.8) is 0 Å². The lowest BCUT2D eigenvalue weighted by Gasteiger charge is -2.26. The number of hydrogen-bond acceptors (Lipinski definition) is 5. The number of ether oxygens (including phenoxy) is 1. The lowest BCUT2D eigenvalue weighted by molar-refractivity contribution is 0.0999. The molecule has 0 bridgehead atoms. The number of nitrogens with zero attached hydrogens (tertiary/aromatic N) is 2. The fourth-order valence-corrected chi connectivity index (χ4v) is 3.00. The summed E-state index contributed by atoms with van der Waals surface area (Å²) in [6.07, 6.45) is 1.56. The van der Waals surface area contributed by atoms with Crippen LogP contribution in [-0.4, -0.2) is 42.4 Å². The number of nitrogens with two attached hydrogens (primary N) is 1. The number of benzene rings is 1. The first-order valence-electron chi connectivity index (χ1n) is 8.07. The molecule has 0 fully saturated rings. The first-order chi connectivity index (χ1) is 11.7. The van der Waals surface area contributed by atoms with Gasteiger partial charge >= 0.3 is 0 Å². The van der Waals surface area contributed by atoms with Gasteiger partial charge in [-0.25, -0.2) is 4.68 Å². The molecule has 0 spiro atoms. The first-order valence-corrected chi connectivity index (χ1v) is 8.07. The van der Waals surface area contributed by atoms with Gasteiger partial charge in [0.15, 0.2) is 0 Å². The van der Waals surface area contributed by atoms with E-state index in [1.807, 2.05) is 18.2 Å². The van der Waals surface area contributed by atoms with Crippen LogP contribution in [0.3, 0.4) is 0 Å². The van der Waals surface area contributed by atoms with Gasteiger partial charge in [-0.1, -0.05) is 30.3 Å². The molecule has 1 aliphatic rings. The summed E-state index contributed by atoms with van der Waals surface area (Å²) in [5.74, 6) is 0.648. The maximum absolute atomic E-state index is 11.3. The quantitative estimate of drug-likeness (QED) is 0.704. The van der Waals surface area contributed by atoms with Crippen LogP contribution in [0, 0.1) is 5.92 Å². The molecule has 0 saturated heterocycles. The van der Waals surface area contributed by atoms with Gasteiger partial charge in [-0.15, -0.1) is 0 Å². The molecule has 24 heavy (non-hydrogen) atoms. The zero-order valence-electron chi connectivity index (χ0n) is 13.7. The van der Waals surface area contributed by atoms with E-state index in [0.717, 1.165) is 37.6 Å². The largest absolute Gasteiger partial charge is 0.375 e. The van der Waals surface area contributed by atoms with Gasteiger partial charge in [0.2, 0.25) is 0 Å². The van der Waals surface area contributed by atoms with Gasteiger partial charge in [0.1, 0.15) is 11.4 Å². The highest BCUT2D eigenvalue weighted by atomic mass is 16.5. The Morgan fingerprint density at radius 1 is 1.50 bits per heavy atom. The van der Waals surface area contributed by atoms with Crippen LogP contribution in [0.1, 0.15) is 22.0 Å². The highest BCUT2D eigenvalue weighted by Crippen LogP contribution is 2.21. The number of carbonyl (C=O) groups excluding carboxylic acids is 1. The lowest BCUT2D eigenvalue weighted by Crippen LogP contribution is -2.37. The van der Waals surface area contributed by atoms with Gasteiger partial charge in [0.05, 0.1) is 12.3 Å². The predicted molar refractivity (Wildman–Crippen MR) is 91.8 cm³/mol. The molecule has 2 heterocycles. The molecule has 0 unspecified atom stereocenters. The van der Waals surface area contributed by atoms with Crippen LogP contribution in [-0.2, 0) is 11.3 Å². The number of anilines is 1. The number of primary amides is 1. The monoisotopic (exact) mass is 329 g/mol. The summed E-state index contributed by atoms with van der Waals surface area (Å²) in [6.45, 7) is 3.12. The fourth-order valence-electron chi connectivity index (χ4n) is 3.00. The molecular formula is C17H23N5O2. The highest BCUT2D eigenvalue weighted by molar-refractivity contribution is 5.97. The van der Waals surface area contributed by atoms with Crippen molar-refractivity contribution in [2.75, 3.05) is 32.1 Å². The summed E-state index contributed by atoms with van der Waals surface area (Å²) in [7, 11) is 1.73. The average Bonchev–Trinajstić information content (AvgIpc) is 3.03. The second-order valence-electron chi connectivity index (χ2n) is 5.99. The number of methoxy groups -OCH3 is 1. The van der Waals surface area contributed by atoms with Gasteiger partial charge in [-0.05, 0) is 5.56 Å². The minimum Gasteiger partial charge on any atom is -0.375 e. The molecule has 0 radical (unpaired) electrons. The molecule has 7 heteroatoms. The van der Waals surface area contributed by atoms with Crippen LogP contribution in [0.15, 0.2) is 36.5 Å². The topological polar surface area (TPSA) is 94.2 Å². The molecule has 2 atom stereocenters. The Bertz CT molecular complexity index is 686. The molecule has 1 aromatic carbocycles. The molecule has 0 aliphatic carbocycles. The Morgan fingerprint density at radius 3 is 3.00 bits per heavy atom. The van der Waals surface area contributed by atoms with E-state index in [9.17, 15) is 4.79 Å². The van der Waals surface area contributed by atoms with Crippen molar-refractivity contribution < 1.29 is 9.53 Å². The first kappa shape index (κ1) is 16.5. The van der Waals surface area contributed by atoms with Crippen molar-refractivity contribution in [2.45, 2.75) is 12.6 Å². The maximum Gasteiger partial charge on any atom is 0.254 e. The number of fused-ring (bicyclic) bond motifs is 1. The SMILES string of the molecule is CO[C@@H](CNC[C@H]1CNc2c(C(N)=O)cnn2C1)c1ccccc1. The third-order valence-electron chi connectivity index (χ3n) is 4.31. The second-order valence-corrected chi connectivity index (χ2v) is 5.99. The number of carbonyl (C=O) groups is 1. The molecule has 1 aromatic heterocycles. The predicted octanol–water partition coefficient (Wildman–Crippen LogP) is 1.00. The van der Waals surface area contributed by atoms with Gasteiger partial charge in [0, 0.05) is 39.2 Å². The molecule has 4 N–H and O–H groups in total. The summed E-state index contributed by atoms with van der Waals surface area (Å²) in [6, 6.07) is 10.2. The Balaban J connectivity index is 1.52. The van der Waals surface area contributed by atoms with Gasteiger partial charge in [-0.2, -0.15) is 5.10 Å². The number of hydrogen-bond donors (Lipinski definition) is 3. The van der Waals surface area contributed by atoms with E-state index in [1.165, 1.54) is 6.20 Å². The van der Waals surface area contributed by atoms with Gasteiger partial charge in [-0.3, -0.25) is 4.79 Å². The smallest absolute Gasteiger partial charge is 0.254 e. The zero-order valence-corrected chi connectivity index (χ0v) is 13.7. The van der Waals surface area contributed by atoms with Crippen LogP contribution in [0.4, 0.5) is 5.82 Å². The van der Waals surface area contributed by atoms with E-state index in [-0.39, 0.29) is 6.10 Å². The molecule has 0 saturated carbocycles. The van der Waals surface area contributed by atoms with Crippen molar-refractivity contribution in [1.29, 1.82) is 0 Å². The van der Waals surface area contributed by atoms with Gasteiger partial charge < -0.3 is 21.1 Å². The third kappa shape index (κ3) is 3.58. The Morgan fingerprint density at radius 2 is 2.29 bits per heavy atom. The van der Waals surface area contributed by atoms with Crippen LogP contribution in [0.2, 0.25) is 0 Å². The standard InChI is InChI=1S/C17H23N5O2/c1-24-15(13-5-3-2-4-6-13)10-19-7-12-8-20-17-14(16(18)23)9-21-22(17)11-12/h2-6,9,12,15,19-20H,7-8,10-11H2,1H3,(H2,18,23)/t12-,15-/m0/s1. The summed E-state index contributed by atoms with van der Waals surface area (Å²) in [5.41, 5.74) is 6.95. The number of aromatic nitrogens is 2. The normalized spacial score (nSPS) is 17.8. The van der Waals surface area contributed by atoms with E-state index < -0.39 is 5.91 Å². The van der Waals surface area contributed by atoms with Crippen LogP contribution >= 0.6 is 0 Å². The molecule has 1 aliphatic heterocycles. The average molecular weight is 329 g/mol. The molecule has 3 rings (SSSR count). The van der Waals surface area contributed by atoms with Gasteiger partial charge in [0.25, 0.3) is 5.91 Å². The maximum atomic E-state index is 11.3.